The van der Waals surface area contributed by atoms with E-state index in [1.54, 1.807) is 0 Å². The molecule has 0 unspecified atom stereocenters. The van der Waals surface area contributed by atoms with Crippen molar-refractivity contribution in [2.24, 2.45) is 5.92 Å². The lowest BCUT2D eigenvalue weighted by Crippen LogP contribution is -2.20. The van der Waals surface area contributed by atoms with Crippen LogP contribution in [0.4, 0.5) is 5.69 Å². The van der Waals surface area contributed by atoms with Crippen molar-refractivity contribution in [2.45, 2.75) is 32.6 Å². The summed E-state index contributed by atoms with van der Waals surface area (Å²) in [6, 6.07) is 7.97. The first-order valence-corrected chi connectivity index (χ1v) is 6.70. The van der Waals surface area contributed by atoms with Gasteiger partial charge in [0.1, 0.15) is 6.54 Å². The van der Waals surface area contributed by atoms with Crippen LogP contribution in [-0.4, -0.2) is 19.1 Å². The maximum Gasteiger partial charge on any atom is 0.325 e. The van der Waals surface area contributed by atoms with Gasteiger partial charge in [-0.05, 0) is 31.4 Å². The van der Waals surface area contributed by atoms with Crippen molar-refractivity contribution in [2.75, 3.05) is 18.5 Å². The molecule has 1 aromatic rings. The highest BCUT2D eigenvalue weighted by atomic mass is 16.5. The Balaban J connectivity index is 1.60. The summed E-state index contributed by atoms with van der Waals surface area (Å²) in [7, 11) is 0. The van der Waals surface area contributed by atoms with Crippen LogP contribution in [0.1, 0.15) is 31.2 Å². The number of anilines is 1. The molecule has 1 N–H and O–H groups in total. The second kappa shape index (κ2) is 6.43. The second-order valence-electron chi connectivity index (χ2n) is 5.03. The van der Waals surface area contributed by atoms with E-state index in [0.29, 0.717) is 6.61 Å². The van der Waals surface area contributed by atoms with Crippen molar-refractivity contribution in [3.8, 4) is 0 Å². The molecule has 98 valence electrons. The zero-order valence-corrected chi connectivity index (χ0v) is 10.9. The smallest absolute Gasteiger partial charge is 0.325 e. The molecular formula is C15H21NO2. The van der Waals surface area contributed by atoms with E-state index in [4.69, 9.17) is 4.74 Å². The first-order chi connectivity index (χ1) is 8.74. The zero-order chi connectivity index (χ0) is 12.8. The van der Waals surface area contributed by atoms with E-state index in [9.17, 15) is 4.79 Å². The van der Waals surface area contributed by atoms with Gasteiger partial charge in [0, 0.05) is 5.69 Å². The molecule has 18 heavy (non-hydrogen) atoms. The Kier molecular flexibility index (Phi) is 4.62. The van der Waals surface area contributed by atoms with Crippen LogP contribution in [0.2, 0.25) is 0 Å². The molecule has 0 spiro atoms. The normalized spacial score (nSPS) is 14.9. The lowest BCUT2D eigenvalue weighted by Gasteiger charge is -2.24. The Morgan fingerprint density at radius 2 is 2.06 bits per heavy atom. The highest BCUT2D eigenvalue weighted by Crippen LogP contribution is 2.29. The number of nitrogens with one attached hydrogen (secondary N) is 1. The van der Waals surface area contributed by atoms with E-state index in [1.807, 2.05) is 31.2 Å². The van der Waals surface area contributed by atoms with Gasteiger partial charge < -0.3 is 10.1 Å². The highest BCUT2D eigenvalue weighted by molar-refractivity contribution is 5.74. The Labute approximate surface area is 109 Å². The number of esters is 1. The number of hydrogen-bond donors (Lipinski definition) is 1. The molecule has 0 saturated heterocycles. The standard InChI is InChI=1S/C15H21NO2/c1-12-5-7-14(8-6-12)16-11-15(17)18-10-9-13-3-2-4-13/h5-8,13,16H,2-4,9-11H2,1H3. The lowest BCUT2D eigenvalue weighted by molar-refractivity contribution is -0.142. The second-order valence-corrected chi connectivity index (χ2v) is 5.03. The molecule has 0 bridgehead atoms. The van der Waals surface area contributed by atoms with E-state index in [1.165, 1.54) is 24.8 Å². The number of benzene rings is 1. The van der Waals surface area contributed by atoms with Gasteiger partial charge in [-0.1, -0.05) is 37.0 Å². The maximum atomic E-state index is 11.5. The van der Waals surface area contributed by atoms with Crippen LogP contribution in [0.25, 0.3) is 0 Å². The minimum absolute atomic E-state index is 0.171. The number of aryl methyl sites for hydroxylation is 1. The molecule has 0 radical (unpaired) electrons. The fourth-order valence-electron chi connectivity index (χ4n) is 2.02. The van der Waals surface area contributed by atoms with Gasteiger partial charge in [0.2, 0.25) is 0 Å². The van der Waals surface area contributed by atoms with Crippen LogP contribution in [0.5, 0.6) is 0 Å². The van der Waals surface area contributed by atoms with Crippen molar-refractivity contribution >= 4 is 11.7 Å². The van der Waals surface area contributed by atoms with E-state index >= 15 is 0 Å². The van der Waals surface area contributed by atoms with Gasteiger partial charge in [0.25, 0.3) is 0 Å². The van der Waals surface area contributed by atoms with Crippen LogP contribution in [0, 0.1) is 12.8 Å². The largest absolute Gasteiger partial charge is 0.464 e. The molecular weight excluding hydrogens is 226 g/mol. The fraction of sp³-hybridized carbons (Fsp3) is 0.533. The van der Waals surface area contributed by atoms with Crippen molar-refractivity contribution in [3.05, 3.63) is 29.8 Å². The van der Waals surface area contributed by atoms with Crippen molar-refractivity contribution in [1.82, 2.24) is 0 Å². The summed E-state index contributed by atoms with van der Waals surface area (Å²) in [5.41, 5.74) is 2.17. The van der Waals surface area contributed by atoms with Crippen molar-refractivity contribution < 1.29 is 9.53 Å². The Morgan fingerprint density at radius 1 is 1.33 bits per heavy atom. The number of rotatable bonds is 6. The molecule has 1 fully saturated rings. The van der Waals surface area contributed by atoms with E-state index in [-0.39, 0.29) is 12.5 Å². The molecule has 0 aliphatic heterocycles. The molecule has 0 amide bonds. The molecule has 0 heterocycles. The van der Waals surface area contributed by atoms with E-state index < -0.39 is 0 Å². The number of ether oxygens (including phenoxy) is 1. The van der Waals surface area contributed by atoms with E-state index in [2.05, 4.69) is 5.32 Å². The molecule has 1 aliphatic carbocycles. The van der Waals surface area contributed by atoms with Crippen molar-refractivity contribution in [1.29, 1.82) is 0 Å². The SMILES string of the molecule is Cc1ccc(NCC(=O)OCCC2CCC2)cc1. The third kappa shape index (κ3) is 4.06. The molecule has 0 atom stereocenters. The number of carbonyl (C=O) groups excluding carboxylic acids is 1. The predicted octanol–water partition coefficient (Wildman–Crippen LogP) is 3.14. The Morgan fingerprint density at radius 3 is 2.67 bits per heavy atom. The summed E-state index contributed by atoms with van der Waals surface area (Å²) in [6.07, 6.45) is 4.97. The van der Waals surface area contributed by atoms with Gasteiger partial charge in [-0.15, -0.1) is 0 Å². The molecule has 1 saturated carbocycles. The first kappa shape index (κ1) is 12.9. The Bertz CT molecular complexity index is 382. The third-order valence-corrected chi connectivity index (χ3v) is 3.50. The van der Waals surface area contributed by atoms with Crippen LogP contribution >= 0.6 is 0 Å². The van der Waals surface area contributed by atoms with Gasteiger partial charge in [-0.3, -0.25) is 4.79 Å². The highest BCUT2D eigenvalue weighted by Gasteiger charge is 2.17. The Hall–Kier alpha value is -1.51. The summed E-state index contributed by atoms with van der Waals surface area (Å²) >= 11 is 0. The third-order valence-electron chi connectivity index (χ3n) is 3.50. The van der Waals surface area contributed by atoms with Gasteiger partial charge >= 0.3 is 5.97 Å². The summed E-state index contributed by atoms with van der Waals surface area (Å²) in [4.78, 5) is 11.5. The van der Waals surface area contributed by atoms with Crippen LogP contribution in [-0.2, 0) is 9.53 Å². The minimum atomic E-state index is -0.171. The minimum Gasteiger partial charge on any atom is -0.464 e. The zero-order valence-electron chi connectivity index (χ0n) is 10.9. The molecule has 2 rings (SSSR count). The topological polar surface area (TPSA) is 38.3 Å². The average molecular weight is 247 g/mol. The maximum absolute atomic E-state index is 11.5. The molecule has 1 aliphatic rings. The summed E-state index contributed by atoms with van der Waals surface area (Å²) < 4.78 is 5.19. The van der Waals surface area contributed by atoms with Crippen LogP contribution < -0.4 is 5.32 Å². The van der Waals surface area contributed by atoms with Gasteiger partial charge in [-0.2, -0.15) is 0 Å². The van der Waals surface area contributed by atoms with Crippen molar-refractivity contribution in [3.63, 3.8) is 0 Å². The molecule has 3 nitrogen and oxygen atoms in total. The predicted molar refractivity (Wildman–Crippen MR) is 72.6 cm³/mol. The van der Waals surface area contributed by atoms with E-state index in [0.717, 1.165) is 18.0 Å². The van der Waals surface area contributed by atoms with Crippen LogP contribution in [0.3, 0.4) is 0 Å². The van der Waals surface area contributed by atoms with Gasteiger partial charge in [-0.25, -0.2) is 0 Å². The molecule has 1 aromatic carbocycles. The quantitative estimate of drug-likeness (QED) is 0.785. The number of carbonyl (C=O) groups is 1. The van der Waals surface area contributed by atoms with Gasteiger partial charge in [0.05, 0.1) is 6.61 Å². The van der Waals surface area contributed by atoms with Gasteiger partial charge in [0.15, 0.2) is 0 Å². The average Bonchev–Trinajstić information content (AvgIpc) is 2.32. The fourth-order valence-corrected chi connectivity index (χ4v) is 2.02. The number of hydrogen-bond acceptors (Lipinski definition) is 3. The summed E-state index contributed by atoms with van der Waals surface area (Å²) in [6.45, 7) is 2.85. The summed E-state index contributed by atoms with van der Waals surface area (Å²) in [5, 5.41) is 3.06. The summed E-state index contributed by atoms with van der Waals surface area (Å²) in [5.74, 6) is 0.623. The molecule has 0 aromatic heterocycles. The lowest BCUT2D eigenvalue weighted by atomic mass is 9.83. The molecule has 3 heteroatoms. The monoisotopic (exact) mass is 247 g/mol. The van der Waals surface area contributed by atoms with Crippen LogP contribution in [0.15, 0.2) is 24.3 Å². The first-order valence-electron chi connectivity index (χ1n) is 6.70.